The van der Waals surface area contributed by atoms with E-state index in [-0.39, 0.29) is 11.9 Å². The summed E-state index contributed by atoms with van der Waals surface area (Å²) in [6.45, 7) is 0. The van der Waals surface area contributed by atoms with Gasteiger partial charge >= 0.3 is 0 Å². The number of carbonyl (C=O) groups excluding carboxylic acids is 1. The molecule has 0 saturated heterocycles. The van der Waals surface area contributed by atoms with Crippen LogP contribution < -0.4 is 5.32 Å². The Morgan fingerprint density at radius 3 is 2.83 bits per heavy atom. The molecule has 6 heteroatoms. The van der Waals surface area contributed by atoms with Crippen molar-refractivity contribution in [2.24, 2.45) is 7.05 Å². The van der Waals surface area contributed by atoms with Crippen molar-refractivity contribution in [2.45, 2.75) is 31.7 Å². The summed E-state index contributed by atoms with van der Waals surface area (Å²) in [5.74, 6) is 1.90. The number of aromatic amines is 1. The van der Waals surface area contributed by atoms with E-state index in [1.165, 1.54) is 16.5 Å². The first-order valence-corrected chi connectivity index (χ1v) is 11.8. The minimum atomic E-state index is -0.0881. The molecular weight excluding hydrogens is 392 g/mol. The van der Waals surface area contributed by atoms with Gasteiger partial charge in [0.2, 0.25) is 5.91 Å². The van der Waals surface area contributed by atoms with Crippen molar-refractivity contribution < 1.29 is 4.79 Å². The number of rotatable bonds is 9. The third kappa shape index (κ3) is 4.54. The zero-order valence-corrected chi connectivity index (χ0v) is 18.3. The Morgan fingerprint density at radius 1 is 1.20 bits per heavy atom. The fourth-order valence-corrected chi connectivity index (χ4v) is 4.45. The van der Waals surface area contributed by atoms with E-state index in [4.69, 9.17) is 4.98 Å². The van der Waals surface area contributed by atoms with Crippen LogP contribution in [-0.2, 0) is 18.3 Å². The van der Waals surface area contributed by atoms with Gasteiger partial charge in [-0.3, -0.25) is 4.79 Å². The first kappa shape index (κ1) is 20.5. The lowest BCUT2D eigenvalue weighted by Gasteiger charge is -2.16. The summed E-state index contributed by atoms with van der Waals surface area (Å²) in [5, 5.41) is 4.48. The first-order chi connectivity index (χ1) is 14.7. The van der Waals surface area contributed by atoms with E-state index >= 15 is 0 Å². The van der Waals surface area contributed by atoms with Gasteiger partial charge in [0.05, 0.1) is 17.1 Å². The maximum Gasteiger partial charge on any atom is 0.220 e. The predicted octanol–water partition coefficient (Wildman–Crippen LogP) is 4.99. The van der Waals surface area contributed by atoms with Crippen molar-refractivity contribution >= 4 is 39.6 Å². The number of fused-ring (bicyclic) bond motifs is 2. The van der Waals surface area contributed by atoms with E-state index in [1.807, 2.05) is 24.3 Å². The highest BCUT2D eigenvalue weighted by atomic mass is 32.2. The van der Waals surface area contributed by atoms with Crippen LogP contribution in [-0.4, -0.2) is 32.5 Å². The lowest BCUT2D eigenvalue weighted by molar-refractivity contribution is -0.122. The van der Waals surface area contributed by atoms with Crippen LogP contribution in [0, 0.1) is 0 Å². The lowest BCUT2D eigenvalue weighted by Crippen LogP contribution is -2.29. The number of amides is 1. The van der Waals surface area contributed by atoms with Crippen LogP contribution in [0.4, 0.5) is 0 Å². The Balaban J connectivity index is 1.38. The molecule has 2 heterocycles. The maximum absolute atomic E-state index is 12.7. The molecular formula is C24H28N4OS. The molecule has 0 bridgehead atoms. The summed E-state index contributed by atoms with van der Waals surface area (Å²) in [7, 11) is 2.07. The van der Waals surface area contributed by atoms with Crippen LogP contribution in [0.2, 0.25) is 0 Å². The number of hydrogen-bond donors (Lipinski definition) is 2. The number of imidazole rings is 1. The lowest BCUT2D eigenvalue weighted by atomic mass is 10.1. The highest BCUT2D eigenvalue weighted by Gasteiger charge is 2.18. The molecule has 4 aromatic rings. The predicted molar refractivity (Wildman–Crippen MR) is 126 cm³/mol. The number of H-pyrrole nitrogens is 1. The molecule has 0 saturated carbocycles. The van der Waals surface area contributed by atoms with Gasteiger partial charge in [-0.05, 0) is 55.0 Å². The van der Waals surface area contributed by atoms with E-state index < -0.39 is 0 Å². The fourth-order valence-electron chi connectivity index (χ4n) is 3.98. The van der Waals surface area contributed by atoms with Gasteiger partial charge in [0, 0.05) is 30.6 Å². The Morgan fingerprint density at radius 2 is 2.00 bits per heavy atom. The van der Waals surface area contributed by atoms with E-state index in [0.29, 0.717) is 6.42 Å². The molecule has 4 rings (SSSR count). The second-order valence-electron chi connectivity index (χ2n) is 7.68. The molecule has 2 N–H and O–H groups in total. The third-order valence-corrected chi connectivity index (χ3v) is 6.16. The molecule has 0 aliphatic carbocycles. The average Bonchev–Trinajstić information content (AvgIpc) is 3.33. The number of thioether (sulfide) groups is 1. The van der Waals surface area contributed by atoms with Crippen molar-refractivity contribution in [1.82, 2.24) is 19.9 Å². The van der Waals surface area contributed by atoms with Gasteiger partial charge in [-0.2, -0.15) is 11.8 Å². The van der Waals surface area contributed by atoms with E-state index in [0.717, 1.165) is 41.9 Å². The monoisotopic (exact) mass is 420 g/mol. The molecule has 2 aromatic carbocycles. The number of nitrogens with one attached hydrogen (secondary N) is 2. The molecule has 2 aromatic heterocycles. The van der Waals surface area contributed by atoms with Crippen molar-refractivity contribution in [3.63, 3.8) is 0 Å². The summed E-state index contributed by atoms with van der Waals surface area (Å²) in [5.41, 5.74) is 4.48. The second kappa shape index (κ2) is 9.39. The van der Waals surface area contributed by atoms with Crippen LogP contribution in [0.3, 0.4) is 0 Å². The number of para-hydroxylation sites is 3. The minimum Gasteiger partial charge on any atom is -0.350 e. The molecule has 156 valence electrons. The molecule has 1 amide bonds. The Kier molecular flexibility index (Phi) is 6.43. The van der Waals surface area contributed by atoms with E-state index in [9.17, 15) is 4.79 Å². The van der Waals surface area contributed by atoms with Gasteiger partial charge in [0.1, 0.15) is 5.82 Å². The molecule has 30 heavy (non-hydrogen) atoms. The number of nitrogens with zero attached hydrogens (tertiary/aromatic N) is 2. The Hall–Kier alpha value is -2.73. The minimum absolute atomic E-state index is 0.0850. The topological polar surface area (TPSA) is 62.7 Å². The summed E-state index contributed by atoms with van der Waals surface area (Å²) in [4.78, 5) is 20.8. The standard InChI is InChI=1S/C24H28N4OS/c1-28-16-17(18-9-3-6-12-22(18)28)8-7-13-23(29)25-21(14-15-30-2)24-26-19-10-4-5-11-20(19)27-24/h3-6,9-12,16,21H,7-8,13-15H2,1-2H3,(H,25,29)(H,26,27)/t21-/m1/s1. The highest BCUT2D eigenvalue weighted by molar-refractivity contribution is 7.98. The van der Waals surface area contributed by atoms with E-state index in [1.54, 1.807) is 11.8 Å². The summed E-state index contributed by atoms with van der Waals surface area (Å²) in [6, 6.07) is 16.3. The molecule has 0 aliphatic rings. The van der Waals surface area contributed by atoms with Crippen molar-refractivity contribution in [1.29, 1.82) is 0 Å². The largest absolute Gasteiger partial charge is 0.350 e. The Bertz CT molecular complexity index is 1110. The number of benzene rings is 2. The van der Waals surface area contributed by atoms with Crippen LogP contribution in [0.15, 0.2) is 54.7 Å². The van der Waals surface area contributed by atoms with Gasteiger partial charge in [0.25, 0.3) is 0 Å². The van der Waals surface area contributed by atoms with Gasteiger partial charge in [-0.15, -0.1) is 0 Å². The van der Waals surface area contributed by atoms with Crippen LogP contribution in [0.1, 0.15) is 36.7 Å². The molecule has 0 unspecified atom stereocenters. The van der Waals surface area contributed by atoms with Gasteiger partial charge in [-0.1, -0.05) is 30.3 Å². The Labute approximate surface area is 181 Å². The highest BCUT2D eigenvalue weighted by Crippen LogP contribution is 2.23. The number of aryl methyl sites for hydroxylation is 2. The summed E-state index contributed by atoms with van der Waals surface area (Å²) < 4.78 is 2.16. The van der Waals surface area contributed by atoms with Crippen molar-refractivity contribution in [2.75, 3.05) is 12.0 Å². The number of aromatic nitrogens is 3. The summed E-state index contributed by atoms with van der Waals surface area (Å²) >= 11 is 1.78. The third-order valence-electron chi connectivity index (χ3n) is 5.51. The van der Waals surface area contributed by atoms with Crippen LogP contribution in [0.5, 0.6) is 0 Å². The normalized spacial score (nSPS) is 12.5. The van der Waals surface area contributed by atoms with Crippen molar-refractivity contribution in [3.05, 3.63) is 66.1 Å². The molecule has 1 atom stereocenters. The van der Waals surface area contributed by atoms with Crippen LogP contribution in [0.25, 0.3) is 21.9 Å². The van der Waals surface area contributed by atoms with Crippen LogP contribution >= 0.6 is 11.8 Å². The summed E-state index contributed by atoms with van der Waals surface area (Å²) in [6.07, 6.45) is 7.36. The SMILES string of the molecule is CSCC[C@@H](NC(=O)CCCc1cn(C)c2ccccc12)c1nc2ccccc2[nH]1. The second-order valence-corrected chi connectivity index (χ2v) is 8.66. The average molecular weight is 421 g/mol. The van der Waals surface area contributed by atoms with E-state index in [2.05, 4.69) is 58.6 Å². The zero-order valence-electron chi connectivity index (χ0n) is 17.5. The van der Waals surface area contributed by atoms with Gasteiger partial charge < -0.3 is 14.9 Å². The van der Waals surface area contributed by atoms with Gasteiger partial charge in [0.15, 0.2) is 0 Å². The molecule has 0 aliphatic heterocycles. The number of hydrogen-bond acceptors (Lipinski definition) is 3. The molecule has 0 radical (unpaired) electrons. The molecule has 0 spiro atoms. The number of carbonyl (C=O) groups is 1. The maximum atomic E-state index is 12.7. The molecule has 0 fully saturated rings. The fraction of sp³-hybridized carbons (Fsp3) is 0.333. The zero-order chi connectivity index (χ0) is 20.9. The van der Waals surface area contributed by atoms with Crippen molar-refractivity contribution in [3.8, 4) is 0 Å². The molecule has 5 nitrogen and oxygen atoms in total. The first-order valence-electron chi connectivity index (χ1n) is 10.4. The smallest absolute Gasteiger partial charge is 0.220 e. The quantitative estimate of drug-likeness (QED) is 0.401. The van der Waals surface area contributed by atoms with Gasteiger partial charge in [-0.25, -0.2) is 4.98 Å².